The third-order valence-corrected chi connectivity index (χ3v) is 3.87. The van der Waals surface area contributed by atoms with Gasteiger partial charge in [0.25, 0.3) is 0 Å². The van der Waals surface area contributed by atoms with Gasteiger partial charge in [0.1, 0.15) is 0 Å². The number of nitrogens with one attached hydrogen (secondary N) is 1. The number of benzene rings is 1. The third kappa shape index (κ3) is 4.09. The van der Waals surface area contributed by atoms with Crippen molar-refractivity contribution in [1.82, 2.24) is 0 Å². The number of guanidine groups is 1. The maximum absolute atomic E-state index is 5.97. The lowest BCUT2D eigenvalue weighted by Crippen LogP contribution is -2.40. The Morgan fingerprint density at radius 2 is 2.21 bits per heavy atom. The van der Waals surface area contributed by atoms with Gasteiger partial charge in [0.05, 0.1) is 6.04 Å². The predicted molar refractivity (Wildman–Crippen MR) is 93.3 cm³/mol. The van der Waals surface area contributed by atoms with Gasteiger partial charge in [-0.3, -0.25) is 0 Å². The largest absolute Gasteiger partial charge is 0.370 e. The fourth-order valence-electron chi connectivity index (χ4n) is 2.31. The molecule has 106 valence electrons. The maximum Gasteiger partial charge on any atom is 0.193 e. The number of rotatable bonds is 3. The summed E-state index contributed by atoms with van der Waals surface area (Å²) in [6.07, 6.45) is 3.41. The number of aryl methyl sites for hydroxylation is 1. The molecule has 1 saturated carbocycles. The van der Waals surface area contributed by atoms with Crippen LogP contribution in [0.2, 0.25) is 0 Å². The zero-order valence-electron chi connectivity index (χ0n) is 11.9. The van der Waals surface area contributed by atoms with Gasteiger partial charge in [0.2, 0.25) is 0 Å². The Labute approximate surface area is 133 Å². The first-order chi connectivity index (χ1) is 8.51. The van der Waals surface area contributed by atoms with Crippen LogP contribution in [-0.2, 0) is 6.42 Å². The minimum Gasteiger partial charge on any atom is -0.370 e. The highest BCUT2D eigenvalue weighted by molar-refractivity contribution is 14.0. The Bertz CT molecular complexity index is 454. The molecular weight excluding hydrogens is 349 g/mol. The Balaban J connectivity index is 0.00000180. The Morgan fingerprint density at radius 1 is 1.47 bits per heavy atom. The normalized spacial score (nSPS) is 21.2. The molecule has 1 atom stereocenters. The van der Waals surface area contributed by atoms with E-state index in [4.69, 9.17) is 5.73 Å². The fraction of sp³-hybridized carbons (Fsp3) is 0.533. The molecule has 0 saturated heterocycles. The lowest BCUT2D eigenvalue weighted by molar-refractivity contribution is 0.145. The number of hydrogen-bond donors (Lipinski definition) is 2. The highest BCUT2D eigenvalue weighted by Gasteiger charge is 2.38. The van der Waals surface area contributed by atoms with Crippen molar-refractivity contribution in [2.75, 3.05) is 5.32 Å². The number of nitrogens with two attached hydrogens (primary N) is 1. The van der Waals surface area contributed by atoms with Gasteiger partial charge in [0, 0.05) is 5.69 Å². The molecule has 0 spiro atoms. The van der Waals surface area contributed by atoms with Crippen LogP contribution in [0.3, 0.4) is 0 Å². The topological polar surface area (TPSA) is 50.4 Å². The van der Waals surface area contributed by atoms with Crippen LogP contribution in [0.5, 0.6) is 0 Å². The van der Waals surface area contributed by atoms with Gasteiger partial charge in [-0.1, -0.05) is 32.9 Å². The summed E-state index contributed by atoms with van der Waals surface area (Å²) in [5.74, 6) is 0.529. The van der Waals surface area contributed by atoms with E-state index in [1.165, 1.54) is 12.0 Å². The van der Waals surface area contributed by atoms with Crippen LogP contribution in [0.15, 0.2) is 29.3 Å². The van der Waals surface area contributed by atoms with Gasteiger partial charge in [-0.05, 0) is 42.4 Å². The van der Waals surface area contributed by atoms with E-state index < -0.39 is 0 Å². The smallest absolute Gasteiger partial charge is 0.193 e. The van der Waals surface area contributed by atoms with Crippen LogP contribution in [0, 0.1) is 5.41 Å². The molecule has 0 bridgehead atoms. The summed E-state index contributed by atoms with van der Waals surface area (Å²) in [4.78, 5) is 4.57. The van der Waals surface area contributed by atoms with Crippen LogP contribution in [-0.4, -0.2) is 12.0 Å². The van der Waals surface area contributed by atoms with Gasteiger partial charge >= 0.3 is 0 Å². The Morgan fingerprint density at radius 3 is 2.74 bits per heavy atom. The number of hydrogen-bond acceptors (Lipinski definition) is 1. The SMILES string of the molecule is CCc1cccc(NC(N)=NC2CCC2(C)C)c1.I. The van der Waals surface area contributed by atoms with E-state index >= 15 is 0 Å². The van der Waals surface area contributed by atoms with E-state index in [0.717, 1.165) is 18.5 Å². The highest BCUT2D eigenvalue weighted by Crippen LogP contribution is 2.42. The van der Waals surface area contributed by atoms with E-state index in [1.54, 1.807) is 0 Å². The van der Waals surface area contributed by atoms with E-state index in [1.807, 2.05) is 12.1 Å². The van der Waals surface area contributed by atoms with Crippen LogP contribution < -0.4 is 11.1 Å². The van der Waals surface area contributed by atoms with E-state index in [-0.39, 0.29) is 24.0 Å². The second-order valence-corrected chi connectivity index (χ2v) is 5.74. The second kappa shape index (κ2) is 6.59. The molecule has 0 aromatic heterocycles. The quantitative estimate of drug-likeness (QED) is 0.481. The summed E-state index contributed by atoms with van der Waals surface area (Å²) in [5.41, 5.74) is 8.59. The van der Waals surface area contributed by atoms with E-state index in [0.29, 0.717) is 17.4 Å². The maximum atomic E-state index is 5.97. The average Bonchev–Trinajstić information content (AvgIpc) is 2.35. The van der Waals surface area contributed by atoms with Gasteiger partial charge in [0.15, 0.2) is 5.96 Å². The number of halogens is 1. The molecule has 3 N–H and O–H groups in total. The minimum absolute atomic E-state index is 0. The minimum atomic E-state index is 0. The van der Waals surface area contributed by atoms with Crippen molar-refractivity contribution in [3.8, 4) is 0 Å². The molecule has 1 aliphatic carbocycles. The predicted octanol–water partition coefficient (Wildman–Crippen LogP) is 3.78. The molecule has 0 amide bonds. The van der Waals surface area contributed by atoms with Gasteiger partial charge in [-0.25, -0.2) is 4.99 Å². The van der Waals surface area contributed by atoms with Crippen molar-refractivity contribution in [3.05, 3.63) is 29.8 Å². The molecule has 1 fully saturated rings. The molecule has 1 aromatic rings. The molecule has 3 nitrogen and oxygen atoms in total. The third-order valence-electron chi connectivity index (χ3n) is 3.87. The lowest BCUT2D eigenvalue weighted by atomic mass is 9.68. The van der Waals surface area contributed by atoms with E-state index in [2.05, 4.69) is 43.2 Å². The molecule has 0 aliphatic heterocycles. The van der Waals surface area contributed by atoms with Crippen LogP contribution >= 0.6 is 24.0 Å². The first-order valence-electron chi connectivity index (χ1n) is 6.70. The molecule has 0 radical (unpaired) electrons. The summed E-state index contributed by atoms with van der Waals surface area (Å²) < 4.78 is 0. The van der Waals surface area contributed by atoms with Crippen molar-refractivity contribution >= 4 is 35.6 Å². The molecule has 2 rings (SSSR count). The Hall–Kier alpha value is -0.780. The van der Waals surface area contributed by atoms with Crippen LogP contribution in [0.25, 0.3) is 0 Å². The first-order valence-corrected chi connectivity index (χ1v) is 6.70. The highest BCUT2D eigenvalue weighted by atomic mass is 127. The zero-order valence-corrected chi connectivity index (χ0v) is 14.3. The molecule has 1 unspecified atom stereocenters. The lowest BCUT2D eigenvalue weighted by Gasteiger charge is -2.41. The molecule has 1 aliphatic rings. The second-order valence-electron chi connectivity index (χ2n) is 5.74. The average molecular weight is 373 g/mol. The monoisotopic (exact) mass is 373 g/mol. The number of nitrogens with zero attached hydrogens (tertiary/aromatic N) is 1. The number of aliphatic imine (C=N–C) groups is 1. The fourth-order valence-corrected chi connectivity index (χ4v) is 2.31. The molecule has 19 heavy (non-hydrogen) atoms. The van der Waals surface area contributed by atoms with Crippen molar-refractivity contribution in [3.63, 3.8) is 0 Å². The Kier molecular flexibility index (Phi) is 5.64. The molecule has 4 heteroatoms. The van der Waals surface area contributed by atoms with Gasteiger partial charge < -0.3 is 11.1 Å². The van der Waals surface area contributed by atoms with Gasteiger partial charge in [-0.15, -0.1) is 24.0 Å². The van der Waals surface area contributed by atoms with Gasteiger partial charge in [-0.2, -0.15) is 0 Å². The van der Waals surface area contributed by atoms with E-state index in [9.17, 15) is 0 Å². The molecule has 0 heterocycles. The number of anilines is 1. The summed E-state index contributed by atoms with van der Waals surface area (Å²) in [5, 5.41) is 3.18. The summed E-state index contributed by atoms with van der Waals surface area (Å²) in [7, 11) is 0. The van der Waals surface area contributed by atoms with Crippen molar-refractivity contribution < 1.29 is 0 Å². The first kappa shape index (κ1) is 16.3. The zero-order chi connectivity index (χ0) is 13.2. The van der Waals surface area contributed by atoms with Crippen LogP contribution in [0.1, 0.15) is 39.2 Å². The van der Waals surface area contributed by atoms with Crippen molar-refractivity contribution in [2.24, 2.45) is 16.1 Å². The summed E-state index contributed by atoms with van der Waals surface area (Å²) in [6.45, 7) is 6.64. The summed E-state index contributed by atoms with van der Waals surface area (Å²) in [6, 6.07) is 8.66. The molecule has 1 aromatic carbocycles. The summed E-state index contributed by atoms with van der Waals surface area (Å²) >= 11 is 0. The standard InChI is InChI=1S/C15H23N3.HI/c1-4-11-6-5-7-12(10-11)17-14(16)18-13-8-9-15(13,2)3;/h5-7,10,13H,4,8-9H2,1-3H3,(H3,16,17,18);1H. The van der Waals surface area contributed by atoms with Crippen molar-refractivity contribution in [1.29, 1.82) is 0 Å². The molecular formula is C15H24IN3. The van der Waals surface area contributed by atoms with Crippen LogP contribution in [0.4, 0.5) is 5.69 Å². The van der Waals surface area contributed by atoms with Crippen molar-refractivity contribution in [2.45, 2.75) is 46.1 Å².